The van der Waals surface area contributed by atoms with Crippen molar-refractivity contribution in [2.45, 2.75) is 26.1 Å². The molecule has 9 nitrogen and oxygen atoms in total. The van der Waals surface area contributed by atoms with Crippen molar-refractivity contribution in [3.05, 3.63) is 0 Å². The van der Waals surface area contributed by atoms with Crippen molar-refractivity contribution in [3.63, 3.8) is 0 Å². The van der Waals surface area contributed by atoms with Gasteiger partial charge in [0.05, 0.1) is 24.1 Å². The molecule has 0 aliphatic heterocycles. The molecule has 100 valence electrons. The Kier molecular flexibility index (Phi) is 45.3. The van der Waals surface area contributed by atoms with Crippen LogP contribution in [0.2, 0.25) is 0 Å². The second kappa shape index (κ2) is 20.1. The Hall–Kier alpha value is -0.377. The molecule has 0 heterocycles. The number of carbonyl (C=O) groups excluding carboxylic acids is 2. The summed E-state index contributed by atoms with van der Waals surface area (Å²) in [6.45, 7) is 2.27. The number of carboxylic acid groups (broad SMARTS) is 2. The third-order valence-corrected chi connectivity index (χ3v) is 0.682. The molecule has 0 aromatic heterocycles. The fraction of sp³-hybridized carbons (Fsp3) is 0.667. The van der Waals surface area contributed by atoms with Crippen molar-refractivity contribution in [1.29, 1.82) is 0 Å². The van der Waals surface area contributed by atoms with Crippen LogP contribution in [0.1, 0.15) is 13.8 Å². The summed E-state index contributed by atoms with van der Waals surface area (Å²) in [5.41, 5.74) is 0. The number of aliphatic hydroxyl groups is 2. The molecule has 2 unspecified atom stereocenters. The average molecular weight is 323 g/mol. The monoisotopic (exact) mass is 322 g/mol. The molecular formula is C6H18NO8Zr-. The van der Waals surface area contributed by atoms with Crippen molar-refractivity contribution in [3.8, 4) is 0 Å². The van der Waals surface area contributed by atoms with Gasteiger partial charge in [0.1, 0.15) is 0 Å². The number of quaternary nitrogens is 1. The van der Waals surface area contributed by atoms with Crippen LogP contribution in [0.25, 0.3) is 0 Å². The Morgan fingerprint density at radius 3 is 1.00 bits per heavy atom. The Morgan fingerprint density at radius 2 is 1.00 bits per heavy atom. The zero-order valence-corrected chi connectivity index (χ0v) is 11.6. The third-order valence-electron chi connectivity index (χ3n) is 0.682. The van der Waals surface area contributed by atoms with Crippen molar-refractivity contribution >= 4 is 11.9 Å². The molecule has 0 bridgehead atoms. The van der Waals surface area contributed by atoms with Gasteiger partial charge in [0, 0.05) is 26.2 Å². The summed E-state index contributed by atoms with van der Waals surface area (Å²) in [5.74, 6) is -2.87. The van der Waals surface area contributed by atoms with Crippen LogP contribution in [0.15, 0.2) is 0 Å². The number of hydrogen-bond acceptors (Lipinski definition) is 6. The Labute approximate surface area is 111 Å². The summed E-state index contributed by atoms with van der Waals surface area (Å²) in [6, 6.07) is 0. The molecular weight excluding hydrogens is 305 g/mol. The van der Waals surface area contributed by atoms with E-state index in [-0.39, 0.29) is 43.3 Å². The molecule has 0 spiro atoms. The quantitative estimate of drug-likeness (QED) is 0.450. The summed E-state index contributed by atoms with van der Waals surface area (Å²) >= 11 is 0. The van der Waals surface area contributed by atoms with Crippen molar-refractivity contribution < 1.29 is 67.2 Å². The van der Waals surface area contributed by atoms with Gasteiger partial charge in [-0.1, -0.05) is 0 Å². The smallest absolute Gasteiger partial charge is 0.0905 e. The summed E-state index contributed by atoms with van der Waals surface area (Å²) in [5, 5.41) is 34.6. The fourth-order valence-electron chi connectivity index (χ4n) is 0. The Morgan fingerprint density at radius 1 is 0.938 bits per heavy atom. The van der Waals surface area contributed by atoms with Gasteiger partial charge in [0.2, 0.25) is 0 Å². The molecule has 2 atom stereocenters. The largest absolute Gasteiger partial charge is 0.547 e. The van der Waals surface area contributed by atoms with Crippen molar-refractivity contribution in [2.24, 2.45) is 0 Å². The van der Waals surface area contributed by atoms with Gasteiger partial charge < -0.3 is 47.1 Å². The molecule has 0 saturated carbocycles. The van der Waals surface area contributed by atoms with E-state index < -0.39 is 24.1 Å². The van der Waals surface area contributed by atoms with Crippen LogP contribution in [0.3, 0.4) is 0 Å². The van der Waals surface area contributed by atoms with E-state index in [2.05, 4.69) is 0 Å². The summed E-state index contributed by atoms with van der Waals surface area (Å²) in [6.07, 6.45) is -2.69. The van der Waals surface area contributed by atoms with Gasteiger partial charge in [0.15, 0.2) is 0 Å². The molecule has 16 heavy (non-hydrogen) atoms. The minimum absolute atomic E-state index is 0. The van der Waals surface area contributed by atoms with Crippen LogP contribution in [-0.4, -0.2) is 45.3 Å². The normalized spacial score (nSPS) is 10.2. The second-order valence-corrected chi connectivity index (χ2v) is 1.99. The minimum Gasteiger partial charge on any atom is -0.547 e. The van der Waals surface area contributed by atoms with Gasteiger partial charge in [-0.25, -0.2) is 0 Å². The Balaban J connectivity index is -0.0000000250. The molecule has 10 N–H and O–H groups in total. The van der Waals surface area contributed by atoms with Crippen LogP contribution in [0.5, 0.6) is 0 Å². The first-order valence-corrected chi connectivity index (χ1v) is 3.06. The van der Waals surface area contributed by atoms with Crippen molar-refractivity contribution in [1.82, 2.24) is 6.15 Å². The molecule has 0 saturated heterocycles. The molecule has 0 fully saturated rings. The standard InChI is InChI=1S/2C3H6O3.H3N.2H2O.Zr/c2*1-2(4)3(5)6;;;;/h2*2,4H,1H3,(H,5,6);1H3;2*1H2;/p-1. The van der Waals surface area contributed by atoms with E-state index in [1.54, 1.807) is 0 Å². The predicted molar refractivity (Wildman–Crippen MR) is 46.6 cm³/mol. The Bertz CT molecular complexity index is 145. The van der Waals surface area contributed by atoms with Crippen LogP contribution in [0.4, 0.5) is 0 Å². The van der Waals surface area contributed by atoms with E-state index in [1.807, 2.05) is 0 Å². The number of aliphatic carboxylic acids is 2. The van der Waals surface area contributed by atoms with Gasteiger partial charge in [0.25, 0.3) is 0 Å². The third kappa shape index (κ3) is 37.4. The molecule has 0 aliphatic rings. The maximum Gasteiger partial charge on any atom is 0.0905 e. The molecule has 0 amide bonds. The van der Waals surface area contributed by atoms with Gasteiger partial charge >= 0.3 is 0 Å². The number of hydrogen-bond donors (Lipinski definition) is 3. The van der Waals surface area contributed by atoms with E-state index in [0.29, 0.717) is 0 Å². The topological polar surface area (TPSA) is 220 Å². The molecule has 0 aliphatic carbocycles. The first-order valence-electron chi connectivity index (χ1n) is 3.06. The molecule has 0 aromatic carbocycles. The SMILES string of the molecule is CC(O)C(=O)[O-].CC(O)C(=O)[O-].O.O.[NH4+].[Zr]. The number of rotatable bonds is 2. The van der Waals surface area contributed by atoms with Crippen molar-refractivity contribution in [2.75, 3.05) is 0 Å². The number of carboxylic acids is 2. The summed E-state index contributed by atoms with van der Waals surface area (Å²) in [4.78, 5) is 18.7. The van der Waals surface area contributed by atoms with E-state index >= 15 is 0 Å². The average Bonchev–Trinajstić information content (AvgIpc) is 1.88. The fourth-order valence-corrected chi connectivity index (χ4v) is 0. The van der Waals surface area contributed by atoms with E-state index in [1.165, 1.54) is 0 Å². The zero-order valence-electron chi connectivity index (χ0n) is 9.18. The van der Waals surface area contributed by atoms with Crippen LogP contribution >= 0.6 is 0 Å². The summed E-state index contributed by atoms with van der Waals surface area (Å²) in [7, 11) is 0. The van der Waals surface area contributed by atoms with Gasteiger partial charge in [-0.3, -0.25) is 0 Å². The maximum absolute atomic E-state index is 9.34. The van der Waals surface area contributed by atoms with Gasteiger partial charge in [-0.15, -0.1) is 0 Å². The van der Waals surface area contributed by atoms with Crippen LogP contribution < -0.4 is 16.4 Å². The van der Waals surface area contributed by atoms with Gasteiger partial charge in [-0.05, 0) is 13.8 Å². The van der Waals surface area contributed by atoms with Crippen LogP contribution in [-0.2, 0) is 35.8 Å². The molecule has 0 radical (unpaired) electrons. The van der Waals surface area contributed by atoms with E-state index in [4.69, 9.17) is 10.2 Å². The molecule has 0 aromatic rings. The second-order valence-electron chi connectivity index (χ2n) is 1.99. The summed E-state index contributed by atoms with van der Waals surface area (Å²) < 4.78 is 0. The first kappa shape index (κ1) is 36.1. The maximum atomic E-state index is 9.34. The predicted octanol–water partition coefficient (Wildman–Crippen LogP) is -5.04. The van der Waals surface area contributed by atoms with E-state index in [0.717, 1.165) is 13.8 Å². The van der Waals surface area contributed by atoms with Gasteiger partial charge in [-0.2, -0.15) is 0 Å². The van der Waals surface area contributed by atoms with E-state index in [9.17, 15) is 19.8 Å². The number of aliphatic hydroxyl groups excluding tert-OH is 2. The molecule has 10 heteroatoms. The van der Waals surface area contributed by atoms with Crippen LogP contribution in [0, 0.1) is 0 Å². The minimum atomic E-state index is -1.44. The zero-order chi connectivity index (χ0) is 10.3. The first-order chi connectivity index (χ1) is 5.29. The number of carbonyl (C=O) groups is 2. The molecule has 0 rings (SSSR count).